The van der Waals surface area contributed by atoms with Gasteiger partial charge in [-0.15, -0.1) is 0 Å². The van der Waals surface area contributed by atoms with Crippen LogP contribution in [0.15, 0.2) is 72.8 Å². The minimum atomic E-state index is -0.516. The summed E-state index contributed by atoms with van der Waals surface area (Å²) in [6.07, 6.45) is 12.5. The topological polar surface area (TPSA) is 52.6 Å². The Bertz CT molecular complexity index is 1740. The summed E-state index contributed by atoms with van der Waals surface area (Å²) < 4.78 is 11.9. The normalized spacial score (nSPS) is 37.7. The summed E-state index contributed by atoms with van der Waals surface area (Å²) in [6.45, 7) is 25.7. The number of allylic oxidation sites excluding steroid dienone is 3. The van der Waals surface area contributed by atoms with Crippen LogP contribution in [0.25, 0.3) is 5.57 Å². The van der Waals surface area contributed by atoms with Crippen molar-refractivity contribution in [3.8, 4) is 0 Å². The first-order chi connectivity index (χ1) is 24.4. The summed E-state index contributed by atoms with van der Waals surface area (Å²) in [5.41, 5.74) is 5.17. The number of fused-ring (bicyclic) bond motifs is 7. The molecule has 280 valence electrons. The van der Waals surface area contributed by atoms with Crippen molar-refractivity contribution >= 4 is 17.5 Å². The van der Waals surface area contributed by atoms with Crippen molar-refractivity contribution in [1.29, 1.82) is 0 Å². The van der Waals surface area contributed by atoms with E-state index in [9.17, 15) is 9.59 Å². The Morgan fingerprint density at radius 1 is 0.808 bits per heavy atom. The summed E-state index contributed by atoms with van der Waals surface area (Å²) in [6, 6.07) is 18.3. The SMILES string of the molecule is C=C(C)C1CCC2(C(=O)OCc3ccccc3)CCC3(C)C(CCC4C5(C)CC=C(c6ccc(C(=O)OC(C)(C)C)cc6)C(C)(C)C5CCC43C)C12. The standard InChI is InChI=1S/C48H64O4/c1-31(2)35-22-27-48(42(50)51-30-32-14-12-11-13-15-32)29-28-46(9)37(40(35)48)20-21-39-45(8)25-23-36(44(6,7)38(45)24-26-47(39,46)10)33-16-18-34(19-17-33)41(49)52-43(3,4)5/h11-19,23,35,37-40H,1,20-22,24-30H2,2-10H3. The van der Waals surface area contributed by atoms with E-state index in [1.165, 1.54) is 42.4 Å². The molecule has 5 aliphatic carbocycles. The Labute approximate surface area is 314 Å². The highest BCUT2D eigenvalue weighted by atomic mass is 16.6. The molecule has 4 saturated carbocycles. The molecular formula is C48H64O4. The van der Waals surface area contributed by atoms with Crippen LogP contribution in [0.1, 0.15) is 142 Å². The van der Waals surface area contributed by atoms with Gasteiger partial charge >= 0.3 is 11.9 Å². The molecule has 0 N–H and O–H groups in total. The van der Waals surface area contributed by atoms with Crippen LogP contribution in [0.5, 0.6) is 0 Å². The first kappa shape index (κ1) is 37.2. The van der Waals surface area contributed by atoms with Gasteiger partial charge in [0.15, 0.2) is 0 Å². The van der Waals surface area contributed by atoms with E-state index in [0.717, 1.165) is 37.7 Å². The fourth-order valence-corrected chi connectivity index (χ4v) is 13.6. The fraction of sp³-hybridized carbons (Fsp3) is 0.625. The molecule has 9 unspecified atom stereocenters. The Kier molecular flexibility index (Phi) is 9.10. The number of hydrogen-bond acceptors (Lipinski definition) is 4. The van der Waals surface area contributed by atoms with Crippen LogP contribution < -0.4 is 0 Å². The zero-order valence-corrected chi connectivity index (χ0v) is 33.6. The maximum Gasteiger partial charge on any atom is 0.338 e. The van der Waals surface area contributed by atoms with E-state index in [2.05, 4.69) is 78.5 Å². The molecule has 4 nitrogen and oxygen atoms in total. The highest BCUT2D eigenvalue weighted by molar-refractivity contribution is 5.90. The van der Waals surface area contributed by atoms with Crippen LogP contribution in [0.4, 0.5) is 0 Å². The van der Waals surface area contributed by atoms with E-state index >= 15 is 0 Å². The summed E-state index contributed by atoms with van der Waals surface area (Å²) in [7, 11) is 0. The first-order valence-corrected chi connectivity index (χ1v) is 20.3. The van der Waals surface area contributed by atoms with Crippen LogP contribution in [0.2, 0.25) is 0 Å². The van der Waals surface area contributed by atoms with Crippen LogP contribution in [-0.4, -0.2) is 17.5 Å². The van der Waals surface area contributed by atoms with Gasteiger partial charge in [-0.2, -0.15) is 0 Å². The molecule has 0 saturated heterocycles. The van der Waals surface area contributed by atoms with E-state index in [4.69, 9.17) is 9.47 Å². The minimum absolute atomic E-state index is 0.000247. The second kappa shape index (κ2) is 12.7. The van der Waals surface area contributed by atoms with Crippen molar-refractivity contribution in [2.75, 3.05) is 0 Å². The third-order valence-corrected chi connectivity index (χ3v) is 16.1. The van der Waals surface area contributed by atoms with E-state index in [1.807, 2.05) is 51.1 Å². The first-order valence-electron chi connectivity index (χ1n) is 20.3. The number of carbonyl (C=O) groups is 2. The van der Waals surface area contributed by atoms with Crippen molar-refractivity contribution < 1.29 is 19.1 Å². The molecule has 52 heavy (non-hydrogen) atoms. The Morgan fingerprint density at radius 3 is 2.15 bits per heavy atom. The Hall–Kier alpha value is -3.14. The average Bonchev–Trinajstić information content (AvgIpc) is 3.48. The maximum absolute atomic E-state index is 14.4. The molecule has 2 aromatic rings. The molecule has 9 atom stereocenters. The van der Waals surface area contributed by atoms with Gasteiger partial charge in [0, 0.05) is 0 Å². The van der Waals surface area contributed by atoms with E-state index < -0.39 is 11.0 Å². The van der Waals surface area contributed by atoms with Gasteiger partial charge in [0.1, 0.15) is 12.2 Å². The lowest BCUT2D eigenvalue weighted by molar-refractivity contribution is -0.229. The molecule has 5 aliphatic rings. The predicted molar refractivity (Wildman–Crippen MR) is 210 cm³/mol. The molecule has 0 aromatic heterocycles. The van der Waals surface area contributed by atoms with Gasteiger partial charge in [0.25, 0.3) is 0 Å². The lowest BCUT2D eigenvalue weighted by Crippen LogP contribution is -2.66. The van der Waals surface area contributed by atoms with Gasteiger partial charge < -0.3 is 9.47 Å². The summed E-state index contributed by atoms with van der Waals surface area (Å²) in [5.74, 6) is 2.12. The van der Waals surface area contributed by atoms with Crippen LogP contribution in [0.3, 0.4) is 0 Å². The lowest BCUT2D eigenvalue weighted by Gasteiger charge is -2.72. The number of hydrogen-bond donors (Lipinski definition) is 0. The smallest absolute Gasteiger partial charge is 0.338 e. The minimum Gasteiger partial charge on any atom is -0.460 e. The molecule has 4 fully saturated rings. The number of rotatable bonds is 6. The number of esters is 2. The molecule has 0 spiro atoms. The number of benzene rings is 2. The van der Waals surface area contributed by atoms with Crippen molar-refractivity contribution in [3.63, 3.8) is 0 Å². The van der Waals surface area contributed by atoms with Crippen LogP contribution in [0, 0.1) is 56.7 Å². The quantitative estimate of drug-likeness (QED) is 0.222. The summed E-state index contributed by atoms with van der Waals surface area (Å²) >= 11 is 0. The highest BCUT2D eigenvalue weighted by Gasteiger charge is 2.71. The second-order valence-corrected chi connectivity index (χ2v) is 20.0. The van der Waals surface area contributed by atoms with Crippen molar-refractivity contribution in [3.05, 3.63) is 89.5 Å². The average molecular weight is 705 g/mol. The molecular weight excluding hydrogens is 641 g/mol. The molecule has 0 amide bonds. The predicted octanol–water partition coefficient (Wildman–Crippen LogP) is 12.0. The monoisotopic (exact) mass is 704 g/mol. The molecule has 2 aromatic carbocycles. The van der Waals surface area contributed by atoms with Crippen molar-refractivity contribution in [2.24, 2.45) is 56.7 Å². The molecule has 7 rings (SSSR count). The summed E-state index contributed by atoms with van der Waals surface area (Å²) in [4.78, 5) is 27.1. The number of ether oxygens (including phenoxy) is 2. The number of carbonyl (C=O) groups excluding carboxylic acids is 2. The van der Waals surface area contributed by atoms with E-state index in [-0.39, 0.29) is 33.6 Å². The lowest BCUT2D eigenvalue weighted by atomic mass is 9.32. The molecule has 0 aliphatic heterocycles. The third-order valence-electron chi connectivity index (χ3n) is 16.1. The Morgan fingerprint density at radius 2 is 1.50 bits per heavy atom. The van der Waals surface area contributed by atoms with Gasteiger partial charge in [0.2, 0.25) is 0 Å². The van der Waals surface area contributed by atoms with Crippen LogP contribution in [-0.2, 0) is 20.9 Å². The maximum atomic E-state index is 14.4. The summed E-state index contributed by atoms with van der Waals surface area (Å²) in [5, 5.41) is 0. The molecule has 0 bridgehead atoms. The van der Waals surface area contributed by atoms with Crippen LogP contribution >= 0.6 is 0 Å². The van der Waals surface area contributed by atoms with Crippen molar-refractivity contribution in [1.82, 2.24) is 0 Å². The van der Waals surface area contributed by atoms with Gasteiger partial charge in [-0.1, -0.05) is 95.3 Å². The largest absolute Gasteiger partial charge is 0.460 e. The third kappa shape index (κ3) is 5.67. The molecule has 0 heterocycles. The zero-order chi connectivity index (χ0) is 37.5. The molecule has 0 radical (unpaired) electrons. The second-order valence-electron chi connectivity index (χ2n) is 20.0. The van der Waals surface area contributed by atoms with Gasteiger partial charge in [-0.05, 0) is 166 Å². The van der Waals surface area contributed by atoms with Crippen molar-refractivity contribution in [2.45, 2.75) is 132 Å². The fourth-order valence-electron chi connectivity index (χ4n) is 13.6. The molecule has 4 heteroatoms. The van der Waals surface area contributed by atoms with Gasteiger partial charge in [-0.3, -0.25) is 4.79 Å². The highest BCUT2D eigenvalue weighted by Crippen LogP contribution is 2.77. The van der Waals surface area contributed by atoms with Gasteiger partial charge in [-0.25, -0.2) is 4.79 Å². The van der Waals surface area contributed by atoms with E-state index in [1.54, 1.807) is 0 Å². The Balaban J connectivity index is 1.17. The van der Waals surface area contributed by atoms with E-state index in [0.29, 0.717) is 41.8 Å². The zero-order valence-electron chi connectivity index (χ0n) is 33.6. The van der Waals surface area contributed by atoms with Gasteiger partial charge in [0.05, 0.1) is 11.0 Å².